The Morgan fingerprint density at radius 3 is 2.67 bits per heavy atom. The number of nitrogens with one attached hydrogen (secondary N) is 1. The van der Waals surface area contributed by atoms with Crippen LogP contribution in [0.5, 0.6) is 0 Å². The fourth-order valence-electron chi connectivity index (χ4n) is 5.20. The highest BCUT2D eigenvalue weighted by Gasteiger charge is 2.30. The van der Waals surface area contributed by atoms with Crippen molar-refractivity contribution >= 4 is 61.8 Å². The van der Waals surface area contributed by atoms with E-state index in [2.05, 4.69) is 5.32 Å². The van der Waals surface area contributed by atoms with Gasteiger partial charge in [0.15, 0.2) is 9.84 Å². The van der Waals surface area contributed by atoms with Gasteiger partial charge in [-0.3, -0.25) is 9.59 Å². The summed E-state index contributed by atoms with van der Waals surface area (Å²) in [5, 5.41) is 12.8. The van der Waals surface area contributed by atoms with E-state index in [9.17, 15) is 22.8 Å². The smallest absolute Gasteiger partial charge is 0.328 e. The summed E-state index contributed by atoms with van der Waals surface area (Å²) in [5.41, 5.74) is 2.89. The molecule has 0 saturated carbocycles. The molecule has 2 amide bonds. The quantitative estimate of drug-likeness (QED) is 0.184. The number of furan rings is 1. The number of sulfone groups is 1. The lowest BCUT2D eigenvalue weighted by Crippen LogP contribution is -2.44. The minimum atomic E-state index is -3.51. The first-order valence-corrected chi connectivity index (χ1v) is 16.7. The maximum Gasteiger partial charge on any atom is 0.328 e. The normalized spacial score (nSPS) is 13.7. The van der Waals surface area contributed by atoms with Gasteiger partial charge in [-0.15, -0.1) is 0 Å². The summed E-state index contributed by atoms with van der Waals surface area (Å²) in [7, 11) is -3.51. The number of fused-ring (bicyclic) bond motifs is 2. The summed E-state index contributed by atoms with van der Waals surface area (Å²) in [6, 6.07) is 13.5. The number of esters is 1. The number of carbonyl (C=O) groups is 3. The van der Waals surface area contributed by atoms with Crippen molar-refractivity contribution in [3.05, 3.63) is 98.7 Å². The standard InChI is InChI=1S/C32H30Cl2N2O8S/c1-45(41,42)23-5-2-4-19(14-23)15-26(32(40)44-12-3-11-37)35-30(38)28-25(33)16-22-18-36(10-8-24(22)29(28)34)31(39)21-7-6-20-9-13-43-27(20)17-21/h2,4-7,9,13-14,16-17,26,37H,3,8,10-12,15,18H2,1H3,(H,35,38)/t26-/m0/s1. The summed E-state index contributed by atoms with van der Waals surface area (Å²) >= 11 is 13.3. The fourth-order valence-corrected chi connectivity index (χ4v) is 6.66. The number of hydrogen-bond donors (Lipinski definition) is 2. The summed E-state index contributed by atoms with van der Waals surface area (Å²) in [6.45, 7) is 0.308. The summed E-state index contributed by atoms with van der Waals surface area (Å²) < 4.78 is 34.8. The molecule has 1 atom stereocenters. The number of benzene rings is 3. The summed E-state index contributed by atoms with van der Waals surface area (Å²) in [4.78, 5) is 41.6. The molecule has 10 nitrogen and oxygen atoms in total. The Hall–Kier alpha value is -3.90. The van der Waals surface area contributed by atoms with E-state index in [0.717, 1.165) is 11.6 Å². The van der Waals surface area contributed by atoms with Gasteiger partial charge in [0.05, 0.1) is 33.4 Å². The number of halogens is 2. The Balaban J connectivity index is 1.36. The lowest BCUT2D eigenvalue weighted by Gasteiger charge is -2.30. The topological polar surface area (TPSA) is 143 Å². The number of hydrogen-bond acceptors (Lipinski definition) is 8. The average molecular weight is 674 g/mol. The Morgan fingerprint density at radius 1 is 1.11 bits per heavy atom. The highest BCUT2D eigenvalue weighted by molar-refractivity contribution is 7.90. The zero-order valence-corrected chi connectivity index (χ0v) is 26.5. The Labute approximate surface area is 269 Å². The minimum absolute atomic E-state index is 0.0295. The van der Waals surface area contributed by atoms with Crippen molar-refractivity contribution in [1.29, 1.82) is 0 Å². The van der Waals surface area contributed by atoms with E-state index in [1.807, 2.05) is 12.1 Å². The molecular weight excluding hydrogens is 643 g/mol. The number of nitrogens with zero attached hydrogens (tertiary/aromatic N) is 1. The second-order valence-electron chi connectivity index (χ2n) is 10.7. The molecule has 1 aliphatic heterocycles. The van der Waals surface area contributed by atoms with Crippen LogP contribution in [0.1, 0.15) is 43.8 Å². The molecule has 5 rings (SSSR count). The molecule has 2 N–H and O–H groups in total. The van der Waals surface area contributed by atoms with Crippen LogP contribution < -0.4 is 5.32 Å². The van der Waals surface area contributed by atoms with E-state index >= 15 is 0 Å². The Morgan fingerprint density at radius 2 is 1.91 bits per heavy atom. The van der Waals surface area contributed by atoms with Crippen molar-refractivity contribution in [1.82, 2.24) is 10.2 Å². The van der Waals surface area contributed by atoms with Crippen LogP contribution >= 0.6 is 23.2 Å². The van der Waals surface area contributed by atoms with Crippen molar-refractivity contribution in [2.75, 3.05) is 26.0 Å². The third-order valence-electron chi connectivity index (χ3n) is 7.53. The zero-order chi connectivity index (χ0) is 32.3. The van der Waals surface area contributed by atoms with Crippen LogP contribution in [0.2, 0.25) is 10.0 Å². The molecule has 2 heterocycles. The SMILES string of the molecule is CS(=O)(=O)c1cccc(C[C@H](NC(=O)c2c(Cl)cc3c(c2Cl)CCN(C(=O)c2ccc4ccoc4c2)C3)C(=O)OCCCO)c1. The van der Waals surface area contributed by atoms with Crippen molar-refractivity contribution in [3.63, 3.8) is 0 Å². The van der Waals surface area contributed by atoms with Gasteiger partial charge < -0.3 is 24.5 Å². The van der Waals surface area contributed by atoms with Crippen molar-refractivity contribution in [3.8, 4) is 0 Å². The molecule has 0 fully saturated rings. The monoisotopic (exact) mass is 672 g/mol. The first-order valence-electron chi connectivity index (χ1n) is 14.1. The predicted molar refractivity (Wildman–Crippen MR) is 168 cm³/mol. The van der Waals surface area contributed by atoms with Gasteiger partial charge in [-0.25, -0.2) is 13.2 Å². The average Bonchev–Trinajstić information content (AvgIpc) is 3.48. The molecule has 45 heavy (non-hydrogen) atoms. The van der Waals surface area contributed by atoms with Crippen LogP contribution in [0, 0.1) is 0 Å². The van der Waals surface area contributed by atoms with Gasteiger partial charge in [0.2, 0.25) is 0 Å². The first-order chi connectivity index (χ1) is 21.5. The molecule has 0 saturated heterocycles. The molecule has 4 aromatic rings. The fraction of sp³-hybridized carbons (Fsp3) is 0.281. The number of carbonyl (C=O) groups excluding carboxylic acids is 3. The molecular formula is C32H30Cl2N2O8S. The second kappa shape index (κ2) is 13.6. The molecule has 13 heteroatoms. The molecule has 1 aromatic heterocycles. The van der Waals surface area contributed by atoms with Crippen molar-refractivity contribution < 1.29 is 37.1 Å². The lowest BCUT2D eigenvalue weighted by molar-refractivity contribution is -0.146. The number of aliphatic hydroxyl groups excluding tert-OH is 1. The van der Waals surface area contributed by atoms with Crippen LogP contribution in [-0.2, 0) is 38.8 Å². The largest absolute Gasteiger partial charge is 0.464 e. The van der Waals surface area contributed by atoms with E-state index in [1.54, 1.807) is 41.5 Å². The molecule has 3 aromatic carbocycles. The molecule has 0 bridgehead atoms. The number of ether oxygens (including phenoxy) is 1. The van der Waals surface area contributed by atoms with Gasteiger partial charge in [-0.05, 0) is 59.5 Å². The van der Waals surface area contributed by atoms with Gasteiger partial charge in [0, 0.05) is 49.7 Å². The van der Waals surface area contributed by atoms with Crippen LogP contribution in [0.15, 0.2) is 70.2 Å². The first kappa shape index (κ1) is 32.5. The summed E-state index contributed by atoms with van der Waals surface area (Å²) in [5.74, 6) is -1.68. The van der Waals surface area contributed by atoms with Crippen LogP contribution in [0.4, 0.5) is 0 Å². The van der Waals surface area contributed by atoms with E-state index in [1.165, 1.54) is 12.1 Å². The molecule has 1 aliphatic rings. The van der Waals surface area contributed by atoms with E-state index in [-0.39, 0.29) is 59.0 Å². The minimum Gasteiger partial charge on any atom is -0.464 e. The van der Waals surface area contributed by atoms with E-state index in [4.69, 9.17) is 37.5 Å². The molecule has 0 spiro atoms. The molecule has 0 aliphatic carbocycles. The highest BCUT2D eigenvalue weighted by atomic mass is 35.5. The van der Waals surface area contributed by atoms with Crippen molar-refractivity contribution in [2.45, 2.75) is 36.7 Å². The van der Waals surface area contributed by atoms with E-state index in [0.29, 0.717) is 40.8 Å². The third-order valence-corrected chi connectivity index (χ3v) is 9.35. The number of amides is 2. The third kappa shape index (κ3) is 7.33. The molecule has 236 valence electrons. The van der Waals surface area contributed by atoms with Crippen LogP contribution in [0.25, 0.3) is 11.0 Å². The van der Waals surface area contributed by atoms with Crippen molar-refractivity contribution in [2.24, 2.45) is 0 Å². The Bertz CT molecular complexity index is 1890. The summed E-state index contributed by atoms with van der Waals surface area (Å²) in [6.07, 6.45) is 3.13. The maximum absolute atomic E-state index is 13.6. The Kier molecular flexibility index (Phi) is 9.83. The van der Waals surface area contributed by atoms with Gasteiger partial charge in [-0.1, -0.05) is 41.4 Å². The van der Waals surface area contributed by atoms with Gasteiger partial charge in [0.1, 0.15) is 11.6 Å². The van der Waals surface area contributed by atoms with Gasteiger partial charge in [0.25, 0.3) is 11.8 Å². The zero-order valence-electron chi connectivity index (χ0n) is 24.2. The number of rotatable bonds is 10. The molecule has 0 radical (unpaired) electrons. The van der Waals surface area contributed by atoms with E-state index < -0.39 is 27.8 Å². The second-order valence-corrected chi connectivity index (χ2v) is 13.5. The van der Waals surface area contributed by atoms with Gasteiger partial charge in [-0.2, -0.15) is 0 Å². The van der Waals surface area contributed by atoms with Crippen LogP contribution in [0.3, 0.4) is 0 Å². The maximum atomic E-state index is 13.6. The molecule has 0 unspecified atom stereocenters. The van der Waals surface area contributed by atoms with Gasteiger partial charge >= 0.3 is 5.97 Å². The predicted octanol–water partition coefficient (Wildman–Crippen LogP) is 4.61. The van der Waals surface area contributed by atoms with Crippen LogP contribution in [-0.4, -0.2) is 68.3 Å². The number of aliphatic hydroxyl groups is 1. The lowest BCUT2D eigenvalue weighted by atomic mass is 9.95. The highest BCUT2D eigenvalue weighted by Crippen LogP contribution is 2.35.